The third-order valence-electron chi connectivity index (χ3n) is 2.38. The molecule has 0 aliphatic heterocycles. The normalized spacial score (nSPS) is 12.2. The van der Waals surface area contributed by atoms with Crippen LogP contribution in [0.5, 0.6) is 0 Å². The first kappa shape index (κ1) is 13.5. The first-order valence-corrected chi connectivity index (χ1v) is 6.25. The highest BCUT2D eigenvalue weighted by Gasteiger charge is 2.21. The summed E-state index contributed by atoms with van der Waals surface area (Å²) in [7, 11) is 0. The van der Waals surface area contributed by atoms with Gasteiger partial charge in [-0.1, -0.05) is 13.8 Å². The molecule has 0 aliphatic carbocycles. The average molecular weight is 256 g/mol. The summed E-state index contributed by atoms with van der Waals surface area (Å²) in [5.41, 5.74) is 0.712. The van der Waals surface area contributed by atoms with E-state index in [-0.39, 0.29) is 18.5 Å². The molecule has 0 spiro atoms. The maximum Gasteiger partial charge on any atom is 0.319 e. The van der Waals surface area contributed by atoms with Gasteiger partial charge in [-0.15, -0.1) is 0 Å². The molecule has 94 valence electrons. The fourth-order valence-corrected chi connectivity index (χ4v) is 1.91. The van der Waals surface area contributed by atoms with Gasteiger partial charge in [-0.3, -0.25) is 4.79 Å². The number of urea groups is 1. The number of thiophene rings is 1. The molecule has 0 aliphatic rings. The molecule has 5 nitrogen and oxygen atoms in total. The van der Waals surface area contributed by atoms with Crippen LogP contribution in [0.15, 0.2) is 16.8 Å². The number of carboxylic acids is 1. The largest absolute Gasteiger partial charge is 0.481 e. The molecule has 1 heterocycles. The zero-order valence-corrected chi connectivity index (χ0v) is 10.6. The van der Waals surface area contributed by atoms with Crippen LogP contribution in [0.1, 0.15) is 13.8 Å². The zero-order chi connectivity index (χ0) is 12.8. The summed E-state index contributed by atoms with van der Waals surface area (Å²) in [6.07, 6.45) is 0. The Kier molecular flexibility index (Phi) is 4.96. The minimum Gasteiger partial charge on any atom is -0.481 e. The Balaban J connectivity index is 2.39. The Morgan fingerprint density at radius 2 is 2.18 bits per heavy atom. The highest BCUT2D eigenvalue weighted by atomic mass is 32.1. The van der Waals surface area contributed by atoms with E-state index < -0.39 is 11.9 Å². The van der Waals surface area contributed by atoms with Crippen molar-refractivity contribution in [2.24, 2.45) is 11.8 Å². The lowest BCUT2D eigenvalue weighted by Gasteiger charge is -2.16. The summed E-state index contributed by atoms with van der Waals surface area (Å²) in [6.45, 7) is 3.76. The summed E-state index contributed by atoms with van der Waals surface area (Å²) in [5, 5.41) is 17.8. The summed E-state index contributed by atoms with van der Waals surface area (Å²) < 4.78 is 0. The summed E-state index contributed by atoms with van der Waals surface area (Å²) in [4.78, 5) is 22.3. The molecular weight excluding hydrogens is 240 g/mol. The first-order valence-electron chi connectivity index (χ1n) is 5.30. The maximum absolute atomic E-state index is 11.4. The van der Waals surface area contributed by atoms with Gasteiger partial charge in [0.05, 0.1) is 11.6 Å². The summed E-state index contributed by atoms with van der Waals surface area (Å²) in [5.74, 6) is -1.48. The van der Waals surface area contributed by atoms with Crippen molar-refractivity contribution < 1.29 is 14.7 Å². The van der Waals surface area contributed by atoms with E-state index in [4.69, 9.17) is 5.11 Å². The number of hydrogen-bond acceptors (Lipinski definition) is 3. The van der Waals surface area contributed by atoms with Crippen molar-refractivity contribution in [1.29, 1.82) is 0 Å². The third kappa shape index (κ3) is 4.44. The molecule has 17 heavy (non-hydrogen) atoms. The molecule has 0 fully saturated rings. The molecule has 1 aromatic rings. The van der Waals surface area contributed by atoms with Crippen LogP contribution in [0.3, 0.4) is 0 Å². The number of hydrogen-bond donors (Lipinski definition) is 3. The predicted octanol–water partition coefficient (Wildman–Crippen LogP) is 2.23. The molecule has 0 saturated carbocycles. The van der Waals surface area contributed by atoms with Crippen molar-refractivity contribution in [2.75, 3.05) is 11.9 Å². The smallest absolute Gasteiger partial charge is 0.319 e. The monoisotopic (exact) mass is 256 g/mol. The van der Waals surface area contributed by atoms with Gasteiger partial charge < -0.3 is 15.7 Å². The number of anilines is 1. The minimum atomic E-state index is -0.893. The first-order chi connectivity index (χ1) is 8.00. The number of carboxylic acid groups (broad SMARTS) is 1. The second-order valence-corrected chi connectivity index (χ2v) is 4.82. The lowest BCUT2D eigenvalue weighted by Crippen LogP contribution is -2.37. The van der Waals surface area contributed by atoms with Crippen LogP contribution in [0, 0.1) is 11.8 Å². The molecular formula is C11H16N2O3S. The molecule has 3 N–H and O–H groups in total. The molecule has 6 heteroatoms. The molecule has 1 atom stereocenters. The van der Waals surface area contributed by atoms with Crippen molar-refractivity contribution in [2.45, 2.75) is 13.8 Å². The van der Waals surface area contributed by atoms with Crippen LogP contribution >= 0.6 is 11.3 Å². The highest BCUT2D eigenvalue weighted by Crippen LogP contribution is 2.12. The van der Waals surface area contributed by atoms with Crippen LogP contribution in [0.4, 0.5) is 10.5 Å². The number of carbonyl (C=O) groups is 2. The molecule has 2 amide bonds. The Bertz CT molecular complexity index is 376. The van der Waals surface area contributed by atoms with E-state index in [2.05, 4.69) is 10.6 Å². The second-order valence-electron chi connectivity index (χ2n) is 4.04. The van der Waals surface area contributed by atoms with Gasteiger partial charge in [-0.05, 0) is 17.4 Å². The van der Waals surface area contributed by atoms with E-state index in [0.717, 1.165) is 0 Å². The molecule has 0 saturated heterocycles. The van der Waals surface area contributed by atoms with Gasteiger partial charge in [0, 0.05) is 11.9 Å². The van der Waals surface area contributed by atoms with Gasteiger partial charge in [0.2, 0.25) is 0 Å². The van der Waals surface area contributed by atoms with E-state index >= 15 is 0 Å². The standard InChI is InChI=1S/C11H16N2O3S/c1-7(2)9(10(14)15)5-12-11(16)13-8-3-4-17-6-8/h3-4,6-7,9H,5H2,1-2H3,(H,14,15)(H2,12,13,16). The molecule has 0 radical (unpaired) electrons. The second kappa shape index (κ2) is 6.24. The van der Waals surface area contributed by atoms with Gasteiger partial charge in [-0.25, -0.2) is 4.79 Å². The van der Waals surface area contributed by atoms with Crippen molar-refractivity contribution in [3.8, 4) is 0 Å². The zero-order valence-electron chi connectivity index (χ0n) is 9.77. The van der Waals surface area contributed by atoms with Crippen LogP contribution in [-0.4, -0.2) is 23.7 Å². The Labute approximate surface area is 104 Å². The van der Waals surface area contributed by atoms with Gasteiger partial charge in [-0.2, -0.15) is 11.3 Å². The minimum absolute atomic E-state index is 0.0195. The van der Waals surface area contributed by atoms with Gasteiger partial charge in [0.1, 0.15) is 0 Å². The highest BCUT2D eigenvalue weighted by molar-refractivity contribution is 7.08. The number of carbonyl (C=O) groups excluding carboxylic acids is 1. The summed E-state index contributed by atoms with van der Waals surface area (Å²) in [6, 6.07) is 1.40. The van der Waals surface area contributed by atoms with E-state index in [1.165, 1.54) is 11.3 Å². The topological polar surface area (TPSA) is 78.4 Å². The van der Waals surface area contributed by atoms with E-state index in [1.54, 1.807) is 11.4 Å². The fraction of sp³-hybridized carbons (Fsp3) is 0.455. The Morgan fingerprint density at radius 3 is 2.65 bits per heavy atom. The average Bonchev–Trinajstić information content (AvgIpc) is 2.69. The fourth-order valence-electron chi connectivity index (χ4n) is 1.32. The van der Waals surface area contributed by atoms with Gasteiger partial charge in [0.25, 0.3) is 0 Å². The maximum atomic E-state index is 11.4. The van der Waals surface area contributed by atoms with Crippen LogP contribution in [0.2, 0.25) is 0 Å². The van der Waals surface area contributed by atoms with Crippen molar-refractivity contribution in [3.05, 3.63) is 16.8 Å². The van der Waals surface area contributed by atoms with Crippen molar-refractivity contribution >= 4 is 29.0 Å². The van der Waals surface area contributed by atoms with Crippen LogP contribution in [-0.2, 0) is 4.79 Å². The van der Waals surface area contributed by atoms with Crippen LogP contribution < -0.4 is 10.6 Å². The quantitative estimate of drug-likeness (QED) is 0.756. The molecule has 1 unspecified atom stereocenters. The van der Waals surface area contributed by atoms with Gasteiger partial charge in [0.15, 0.2) is 0 Å². The molecule has 0 bridgehead atoms. The van der Waals surface area contributed by atoms with E-state index in [0.29, 0.717) is 5.69 Å². The molecule has 1 aromatic heterocycles. The Morgan fingerprint density at radius 1 is 1.47 bits per heavy atom. The van der Waals surface area contributed by atoms with Crippen molar-refractivity contribution in [1.82, 2.24) is 5.32 Å². The third-order valence-corrected chi connectivity index (χ3v) is 3.07. The number of nitrogens with one attached hydrogen (secondary N) is 2. The molecule has 1 rings (SSSR count). The van der Waals surface area contributed by atoms with E-state index in [1.807, 2.05) is 19.2 Å². The van der Waals surface area contributed by atoms with Crippen LogP contribution in [0.25, 0.3) is 0 Å². The molecule has 0 aromatic carbocycles. The number of aliphatic carboxylic acids is 1. The SMILES string of the molecule is CC(C)C(CNC(=O)Nc1ccsc1)C(=O)O. The lowest BCUT2D eigenvalue weighted by molar-refractivity contribution is -0.142. The predicted molar refractivity (Wildman–Crippen MR) is 67.3 cm³/mol. The summed E-state index contributed by atoms with van der Waals surface area (Å²) >= 11 is 1.48. The van der Waals surface area contributed by atoms with Gasteiger partial charge >= 0.3 is 12.0 Å². The van der Waals surface area contributed by atoms with Crippen molar-refractivity contribution in [3.63, 3.8) is 0 Å². The lowest BCUT2D eigenvalue weighted by atomic mass is 9.96. The Hall–Kier alpha value is -1.56. The number of amides is 2. The number of rotatable bonds is 5. The van der Waals surface area contributed by atoms with E-state index in [9.17, 15) is 9.59 Å².